The molecule has 0 aliphatic heterocycles. The van der Waals surface area contributed by atoms with Crippen LogP contribution in [-0.4, -0.2) is 56.8 Å². The zero-order valence-corrected chi connectivity index (χ0v) is 24.0. The number of carboxylic acid groups (broad SMARTS) is 1. The van der Waals surface area contributed by atoms with Crippen LogP contribution in [0.3, 0.4) is 0 Å². The Morgan fingerprint density at radius 1 is 1.08 bits per heavy atom. The zero-order chi connectivity index (χ0) is 27.0. The molecule has 1 fully saturated rings. The van der Waals surface area contributed by atoms with E-state index in [0.717, 1.165) is 42.0 Å². The predicted molar refractivity (Wildman–Crippen MR) is 145 cm³/mol. The largest absolute Gasteiger partial charge is 1.00 e. The van der Waals surface area contributed by atoms with E-state index in [9.17, 15) is 23.1 Å². The van der Waals surface area contributed by atoms with Crippen LogP contribution in [0, 0.1) is 12.8 Å². The third-order valence-corrected chi connectivity index (χ3v) is 8.20. The average molecular weight is 535 g/mol. The molecule has 2 aromatic rings. The van der Waals surface area contributed by atoms with Crippen LogP contribution in [0.25, 0.3) is 11.1 Å². The van der Waals surface area contributed by atoms with Gasteiger partial charge < -0.3 is 20.1 Å². The van der Waals surface area contributed by atoms with Crippen molar-refractivity contribution in [2.75, 3.05) is 25.6 Å². The standard InChI is InChI=1S/C29H40N2O5S.Li/c1-21-9-7-8-12-24(21)26-19-23(20-31(2)17-15-22-10-5-4-6-11-22)13-14-25(26)28(32)30-27(29(33)34)16-18-37(3,35)36;/h7-9,12-14,19,22,27H,4-6,10-11,15-18,20H2,1-3H3,(H,30,32)(H,33,34);/q;+1/p-1. The summed E-state index contributed by atoms with van der Waals surface area (Å²) in [6, 6.07) is 12.0. The molecular weight excluding hydrogens is 495 g/mol. The predicted octanol–water partition coefficient (Wildman–Crippen LogP) is 0.351. The summed E-state index contributed by atoms with van der Waals surface area (Å²) in [5, 5.41) is 14.1. The molecule has 0 radical (unpaired) electrons. The van der Waals surface area contributed by atoms with E-state index in [4.69, 9.17) is 0 Å². The summed E-state index contributed by atoms with van der Waals surface area (Å²) in [6.07, 6.45) is 8.65. The second-order valence-corrected chi connectivity index (χ2v) is 12.7. The minimum Gasteiger partial charge on any atom is -0.548 e. The SMILES string of the molecule is Cc1ccccc1-c1cc(CN(C)CCC2CCCCC2)ccc1C(=O)NC(CCS(C)(=O)=O)C(=O)[O-].[Li+]. The second-order valence-electron chi connectivity index (χ2n) is 10.5. The third kappa shape index (κ3) is 9.89. The molecule has 1 aliphatic rings. The number of hydrogen-bond acceptors (Lipinski definition) is 6. The summed E-state index contributed by atoms with van der Waals surface area (Å²) in [5.74, 6) is -1.63. The maximum atomic E-state index is 13.2. The van der Waals surface area contributed by atoms with Gasteiger partial charge in [0.1, 0.15) is 9.84 Å². The molecule has 1 aliphatic carbocycles. The van der Waals surface area contributed by atoms with Gasteiger partial charge in [0.05, 0.1) is 17.8 Å². The number of carbonyl (C=O) groups excluding carboxylic acids is 2. The smallest absolute Gasteiger partial charge is 0.548 e. The Morgan fingerprint density at radius 3 is 2.39 bits per heavy atom. The number of rotatable bonds is 12. The minimum atomic E-state index is -3.39. The van der Waals surface area contributed by atoms with Crippen LogP contribution in [0.2, 0.25) is 0 Å². The van der Waals surface area contributed by atoms with E-state index < -0.39 is 27.8 Å². The molecule has 3 rings (SSSR count). The van der Waals surface area contributed by atoms with E-state index >= 15 is 0 Å². The molecule has 1 atom stereocenters. The quantitative estimate of drug-likeness (QED) is 0.394. The molecule has 7 nitrogen and oxygen atoms in total. The van der Waals surface area contributed by atoms with Gasteiger partial charge in [0.25, 0.3) is 5.91 Å². The van der Waals surface area contributed by atoms with Crippen LogP contribution in [0.4, 0.5) is 0 Å². The first kappa shape index (κ1) is 32.1. The van der Waals surface area contributed by atoms with Gasteiger partial charge in [0, 0.05) is 18.4 Å². The first-order chi connectivity index (χ1) is 17.5. The molecule has 1 unspecified atom stereocenters. The normalized spacial score (nSPS) is 15.1. The Morgan fingerprint density at radius 2 is 1.76 bits per heavy atom. The van der Waals surface area contributed by atoms with Gasteiger partial charge in [-0.2, -0.15) is 0 Å². The Hall–Kier alpha value is -2.11. The van der Waals surface area contributed by atoms with Crippen LogP contribution in [0.1, 0.15) is 66.4 Å². The second kappa shape index (κ2) is 14.9. The molecule has 9 heteroatoms. The van der Waals surface area contributed by atoms with Crippen LogP contribution >= 0.6 is 0 Å². The van der Waals surface area contributed by atoms with Crippen molar-refractivity contribution in [1.29, 1.82) is 0 Å². The molecule has 0 aromatic heterocycles. The Labute approximate surface area is 239 Å². The van der Waals surface area contributed by atoms with Gasteiger partial charge in [0.15, 0.2) is 0 Å². The number of nitrogens with zero attached hydrogens (tertiary/aromatic N) is 1. The number of carboxylic acids is 1. The maximum absolute atomic E-state index is 13.2. The molecule has 1 saturated carbocycles. The van der Waals surface area contributed by atoms with Crippen molar-refractivity contribution in [2.24, 2.45) is 5.92 Å². The fourth-order valence-electron chi connectivity index (χ4n) is 5.07. The van der Waals surface area contributed by atoms with Crippen LogP contribution in [0.15, 0.2) is 42.5 Å². The number of hydrogen-bond donors (Lipinski definition) is 1. The third-order valence-electron chi connectivity index (χ3n) is 7.23. The monoisotopic (exact) mass is 534 g/mol. The summed E-state index contributed by atoms with van der Waals surface area (Å²) >= 11 is 0. The molecule has 202 valence electrons. The van der Waals surface area contributed by atoms with Crippen molar-refractivity contribution in [3.63, 3.8) is 0 Å². The molecule has 0 spiro atoms. The molecule has 0 bridgehead atoms. The van der Waals surface area contributed by atoms with E-state index in [1.54, 1.807) is 6.07 Å². The van der Waals surface area contributed by atoms with E-state index in [0.29, 0.717) is 11.1 Å². The molecule has 0 saturated heterocycles. The molecule has 1 amide bonds. The van der Waals surface area contributed by atoms with E-state index in [1.807, 2.05) is 43.3 Å². The summed E-state index contributed by atoms with van der Waals surface area (Å²) in [5.41, 5.74) is 4.00. The Balaban J connectivity index is 0.00000507. The fourth-order valence-corrected chi connectivity index (χ4v) is 5.74. The number of amides is 1. The van der Waals surface area contributed by atoms with Crippen molar-refractivity contribution in [3.8, 4) is 11.1 Å². The van der Waals surface area contributed by atoms with Gasteiger partial charge in [-0.15, -0.1) is 0 Å². The van der Waals surface area contributed by atoms with E-state index in [2.05, 4.69) is 17.3 Å². The minimum absolute atomic E-state index is 0. The van der Waals surface area contributed by atoms with Gasteiger partial charge in [-0.05, 0) is 73.7 Å². The number of carbonyl (C=O) groups is 2. The number of aliphatic carboxylic acids is 1. The fraction of sp³-hybridized carbons (Fsp3) is 0.517. The van der Waals surface area contributed by atoms with Crippen molar-refractivity contribution in [1.82, 2.24) is 10.2 Å². The summed E-state index contributed by atoms with van der Waals surface area (Å²) in [7, 11) is -1.27. The molecule has 0 heterocycles. The van der Waals surface area contributed by atoms with Crippen molar-refractivity contribution >= 4 is 21.7 Å². The summed E-state index contributed by atoms with van der Waals surface area (Å²) in [6.45, 7) is 3.72. The summed E-state index contributed by atoms with van der Waals surface area (Å²) < 4.78 is 23.0. The number of nitrogens with one attached hydrogen (secondary N) is 1. The number of aryl methyl sites for hydroxylation is 1. The maximum Gasteiger partial charge on any atom is 1.00 e. The number of benzene rings is 2. The first-order valence-corrected chi connectivity index (χ1v) is 15.2. The van der Waals surface area contributed by atoms with Crippen LogP contribution in [-0.2, 0) is 21.2 Å². The van der Waals surface area contributed by atoms with Gasteiger partial charge >= 0.3 is 18.9 Å². The van der Waals surface area contributed by atoms with Gasteiger partial charge in [-0.25, -0.2) is 8.42 Å². The van der Waals surface area contributed by atoms with Gasteiger partial charge in [-0.1, -0.05) is 62.4 Å². The first-order valence-electron chi connectivity index (χ1n) is 13.1. The Kier molecular flexibility index (Phi) is 12.6. The average Bonchev–Trinajstić information content (AvgIpc) is 2.85. The molecular formula is C29H39LiN2O5S. The van der Waals surface area contributed by atoms with Crippen molar-refractivity contribution < 1.29 is 42.0 Å². The molecule has 2 aromatic carbocycles. The summed E-state index contributed by atoms with van der Waals surface area (Å²) in [4.78, 5) is 27.2. The zero-order valence-electron chi connectivity index (χ0n) is 23.2. The van der Waals surface area contributed by atoms with Crippen molar-refractivity contribution in [3.05, 3.63) is 59.2 Å². The molecule has 38 heavy (non-hydrogen) atoms. The van der Waals surface area contributed by atoms with Gasteiger partial charge in [-0.3, -0.25) is 4.79 Å². The van der Waals surface area contributed by atoms with E-state index in [1.165, 1.54) is 38.5 Å². The molecule has 1 N–H and O–H groups in total. The van der Waals surface area contributed by atoms with E-state index in [-0.39, 0.29) is 31.0 Å². The number of sulfone groups is 1. The van der Waals surface area contributed by atoms with Crippen molar-refractivity contribution in [2.45, 2.75) is 64.5 Å². The Bertz CT molecular complexity index is 1200. The van der Waals surface area contributed by atoms with Crippen LogP contribution < -0.4 is 29.3 Å². The van der Waals surface area contributed by atoms with Gasteiger partial charge in [0.2, 0.25) is 0 Å². The van der Waals surface area contributed by atoms with Crippen LogP contribution in [0.5, 0.6) is 0 Å². The topological polar surface area (TPSA) is 107 Å².